The molecule has 4 aromatic carbocycles. The Hall–Kier alpha value is -7.09. The number of sulfone groups is 1. The molecule has 340 valence electrons. The number of ketones is 2. The predicted octanol–water partition coefficient (Wildman–Crippen LogP) is 5.17. The van der Waals surface area contributed by atoms with Gasteiger partial charge in [0.1, 0.15) is 23.3 Å². The molecular weight excluding hydrogens is 855 g/mol. The molecule has 19 heteroatoms. The van der Waals surface area contributed by atoms with E-state index in [9.17, 15) is 26.8 Å². The second kappa shape index (κ2) is 21.5. The summed E-state index contributed by atoms with van der Waals surface area (Å²) in [4.78, 5) is 49.7. The number of hydrogen-bond acceptors (Lipinski definition) is 16. The lowest BCUT2D eigenvalue weighted by atomic mass is 10.0. The zero-order valence-electron chi connectivity index (χ0n) is 36.4. The molecule has 0 spiro atoms. The van der Waals surface area contributed by atoms with Gasteiger partial charge < -0.3 is 42.1 Å². The van der Waals surface area contributed by atoms with E-state index < -0.39 is 38.2 Å². The van der Waals surface area contributed by atoms with E-state index in [2.05, 4.69) is 71.1 Å². The van der Waals surface area contributed by atoms with Crippen molar-refractivity contribution < 1.29 is 26.8 Å². The lowest BCUT2D eigenvalue weighted by Crippen LogP contribution is -2.44. The van der Waals surface area contributed by atoms with Crippen LogP contribution in [0.2, 0.25) is 0 Å². The number of hydrogen-bond donors (Lipinski definition) is 4. The third kappa shape index (κ3) is 12.3. The number of piperazine rings is 2. The van der Waals surface area contributed by atoms with Crippen molar-refractivity contribution in [1.29, 1.82) is 0 Å². The summed E-state index contributed by atoms with van der Waals surface area (Å²) in [6.07, 6.45) is 2.32. The fraction of sp³-hybridized carbons (Fsp3) is 0.261. The average molecular weight is 907 g/mol. The van der Waals surface area contributed by atoms with E-state index in [0.717, 1.165) is 76.0 Å². The first-order valence-corrected chi connectivity index (χ1v) is 22.4. The van der Waals surface area contributed by atoms with E-state index in [-0.39, 0.29) is 45.6 Å². The normalized spacial score (nSPS) is 14.4. The molecule has 2 fully saturated rings. The third-order valence-electron chi connectivity index (χ3n) is 10.8. The summed E-state index contributed by atoms with van der Waals surface area (Å²) < 4.78 is 50.7. The highest BCUT2D eigenvalue weighted by Crippen LogP contribution is 2.24. The van der Waals surface area contributed by atoms with Crippen LogP contribution in [0, 0.1) is 11.6 Å². The van der Waals surface area contributed by atoms with E-state index in [1.807, 2.05) is 36.4 Å². The molecule has 0 saturated carbocycles. The molecule has 65 heavy (non-hydrogen) atoms. The van der Waals surface area contributed by atoms with Crippen LogP contribution in [-0.4, -0.2) is 122 Å². The summed E-state index contributed by atoms with van der Waals surface area (Å²) in [5.41, 5.74) is 21.0. The summed E-state index contributed by atoms with van der Waals surface area (Å²) in [5, 5.41) is 2.63. The highest BCUT2D eigenvalue weighted by atomic mass is 32.2. The molecule has 2 saturated heterocycles. The molecule has 2 aromatic heterocycles. The smallest absolute Gasteiger partial charge is 0.249 e. The minimum Gasteiger partial charge on any atom is -0.399 e. The summed E-state index contributed by atoms with van der Waals surface area (Å²) in [6, 6.07) is 27.3. The Kier molecular flexibility index (Phi) is 15.7. The van der Waals surface area contributed by atoms with Gasteiger partial charge in [0.2, 0.25) is 32.5 Å². The fourth-order valence-electron chi connectivity index (χ4n) is 6.74. The van der Waals surface area contributed by atoms with E-state index in [1.165, 1.54) is 60.9 Å². The number of benzene rings is 4. The summed E-state index contributed by atoms with van der Waals surface area (Å²) >= 11 is 0. The number of carbonyl (C=O) groups excluding carboxylic acids is 2. The molecule has 0 atom stereocenters. The topological polar surface area (TPSA) is 223 Å². The molecule has 2 aliphatic rings. The summed E-state index contributed by atoms with van der Waals surface area (Å²) in [7, 11) is 0.674. The van der Waals surface area contributed by atoms with Crippen LogP contribution in [0.1, 0.15) is 38.8 Å². The first-order chi connectivity index (χ1) is 31.1. The Morgan fingerprint density at radius 1 is 0.600 bits per heavy atom. The van der Waals surface area contributed by atoms with Crippen LogP contribution in [0.3, 0.4) is 0 Å². The second-order valence-electron chi connectivity index (χ2n) is 15.3. The predicted molar refractivity (Wildman–Crippen MR) is 250 cm³/mol. The standard InChI is InChI=1S/C22H23FN6O.C13H12FN3O3S.C11H17N3/c1-28-10-12-29(13-11-28)16-8-6-15(7-9-16)26-22-25-14-18(21(24)27-22)20(30)17-4-2-3-5-19(17)23;1-2-21(19,20)13-16-7-9(12(15)17-13)11(18)8-5-3-4-6-10(8)14;1-13-6-8-14(9-7-13)11-4-2-10(12)3-5-11/h2-9,14H,10-13H2,1H3,(H3,24,25,26,27);3-7H,2H2,1H3,(H2,15,16,17);2-5H,6-9,12H2,1H3. The first kappa shape index (κ1) is 47.4. The lowest BCUT2D eigenvalue weighted by molar-refractivity contribution is 0.102. The zero-order valence-corrected chi connectivity index (χ0v) is 37.2. The number of anilines is 7. The molecule has 7 N–H and O–H groups in total. The fourth-order valence-corrected chi connectivity index (χ4v) is 7.45. The Labute approximate surface area is 377 Å². The largest absolute Gasteiger partial charge is 0.399 e. The van der Waals surface area contributed by atoms with Gasteiger partial charge in [-0.25, -0.2) is 32.2 Å². The van der Waals surface area contributed by atoms with Crippen molar-refractivity contribution in [2.75, 3.05) is 105 Å². The number of nitrogens with one attached hydrogen (secondary N) is 1. The minimum absolute atomic E-state index is 0.00481. The quantitative estimate of drug-likeness (QED) is 0.0791. The van der Waals surface area contributed by atoms with Gasteiger partial charge in [-0.05, 0) is 86.9 Å². The van der Waals surface area contributed by atoms with Crippen molar-refractivity contribution in [3.05, 3.63) is 143 Å². The molecular formula is C46H52F2N12O4S. The average Bonchev–Trinajstić information content (AvgIpc) is 3.30. The number of carbonyl (C=O) groups is 2. The highest BCUT2D eigenvalue weighted by molar-refractivity contribution is 7.91. The van der Waals surface area contributed by atoms with Gasteiger partial charge in [-0.1, -0.05) is 31.2 Å². The Bertz CT molecular complexity index is 2700. The monoisotopic (exact) mass is 906 g/mol. The number of likely N-dealkylation sites (N-methyl/N-ethyl adjacent to an activating group) is 2. The van der Waals surface area contributed by atoms with Gasteiger partial charge in [0.25, 0.3) is 0 Å². The van der Waals surface area contributed by atoms with Gasteiger partial charge in [0.15, 0.2) is 0 Å². The molecule has 0 aliphatic carbocycles. The van der Waals surface area contributed by atoms with Gasteiger partial charge in [-0.2, -0.15) is 4.98 Å². The number of rotatable bonds is 10. The highest BCUT2D eigenvalue weighted by Gasteiger charge is 2.23. The molecule has 0 unspecified atom stereocenters. The second-order valence-corrected chi connectivity index (χ2v) is 17.5. The molecule has 0 bridgehead atoms. The van der Waals surface area contributed by atoms with Crippen LogP contribution in [0.25, 0.3) is 0 Å². The van der Waals surface area contributed by atoms with E-state index in [4.69, 9.17) is 17.2 Å². The van der Waals surface area contributed by atoms with Crippen molar-refractivity contribution in [2.45, 2.75) is 12.1 Å². The van der Waals surface area contributed by atoms with Gasteiger partial charge >= 0.3 is 0 Å². The Balaban J connectivity index is 0.000000174. The Morgan fingerprint density at radius 2 is 1.03 bits per heavy atom. The minimum atomic E-state index is -3.62. The van der Waals surface area contributed by atoms with Crippen LogP contribution in [0.15, 0.2) is 115 Å². The van der Waals surface area contributed by atoms with Crippen LogP contribution in [0.5, 0.6) is 0 Å². The zero-order chi connectivity index (χ0) is 46.7. The van der Waals surface area contributed by atoms with Crippen molar-refractivity contribution in [2.24, 2.45) is 0 Å². The molecule has 0 radical (unpaired) electrons. The van der Waals surface area contributed by atoms with E-state index in [0.29, 0.717) is 0 Å². The van der Waals surface area contributed by atoms with E-state index >= 15 is 0 Å². The number of aromatic nitrogens is 4. The lowest BCUT2D eigenvalue weighted by Gasteiger charge is -2.34. The number of nitrogen functional groups attached to an aromatic ring is 3. The molecule has 6 aromatic rings. The Morgan fingerprint density at radius 3 is 1.46 bits per heavy atom. The molecule has 16 nitrogen and oxygen atoms in total. The van der Waals surface area contributed by atoms with Gasteiger partial charge in [0.05, 0.1) is 28.0 Å². The van der Waals surface area contributed by atoms with Crippen LogP contribution < -0.4 is 32.3 Å². The maximum absolute atomic E-state index is 13.9. The maximum Gasteiger partial charge on any atom is 0.249 e. The van der Waals surface area contributed by atoms with Crippen molar-refractivity contribution >= 4 is 61.7 Å². The summed E-state index contributed by atoms with van der Waals surface area (Å²) in [5.74, 6) is -2.78. The number of nitrogens with two attached hydrogens (primary N) is 3. The SMILES string of the molecule is CCS(=O)(=O)c1ncc(C(=O)c2ccccc2F)c(N)n1.CN1CCN(c2ccc(N)cc2)CC1.CN1CCN(c2ccc(Nc3ncc(C(=O)c4ccccc4F)c(N)n3)cc2)CC1. The summed E-state index contributed by atoms with van der Waals surface area (Å²) in [6.45, 7) is 10.0. The molecule has 4 heterocycles. The molecule has 2 aliphatic heterocycles. The number of halogens is 2. The van der Waals surface area contributed by atoms with Crippen LogP contribution in [0.4, 0.5) is 49.1 Å². The van der Waals surface area contributed by atoms with Crippen molar-refractivity contribution in [1.82, 2.24) is 29.7 Å². The first-order valence-electron chi connectivity index (χ1n) is 20.8. The maximum atomic E-state index is 13.9. The van der Waals surface area contributed by atoms with Crippen molar-refractivity contribution in [3.63, 3.8) is 0 Å². The van der Waals surface area contributed by atoms with Gasteiger partial charge in [0, 0.05) is 87.5 Å². The third-order valence-corrected chi connectivity index (χ3v) is 12.3. The molecule has 0 amide bonds. The van der Waals surface area contributed by atoms with Crippen LogP contribution >= 0.6 is 0 Å². The van der Waals surface area contributed by atoms with Crippen LogP contribution in [-0.2, 0) is 9.84 Å². The van der Waals surface area contributed by atoms with Gasteiger partial charge in [-0.3, -0.25) is 9.59 Å². The van der Waals surface area contributed by atoms with Gasteiger partial charge in [-0.15, -0.1) is 0 Å². The van der Waals surface area contributed by atoms with Crippen molar-refractivity contribution in [3.8, 4) is 0 Å². The molecule has 8 rings (SSSR count). The number of nitrogens with zero attached hydrogens (tertiary/aromatic N) is 8. The van der Waals surface area contributed by atoms with E-state index in [1.54, 1.807) is 6.07 Å².